The Morgan fingerprint density at radius 2 is 1.92 bits per heavy atom. The van der Waals surface area contributed by atoms with Gasteiger partial charge in [0, 0.05) is 0 Å². The van der Waals surface area contributed by atoms with Crippen LogP contribution in [0.4, 0.5) is 0 Å². The zero-order valence-corrected chi connectivity index (χ0v) is 8.04. The van der Waals surface area contributed by atoms with Gasteiger partial charge in [-0.3, -0.25) is 9.59 Å². The molecule has 0 saturated heterocycles. The highest BCUT2D eigenvalue weighted by atomic mass is 16.2. The Hall–Kier alpha value is -1.18. The maximum atomic E-state index is 11.0. The molecular formula is C11H14O2. The van der Waals surface area contributed by atoms with Crippen molar-refractivity contribution in [1.29, 1.82) is 0 Å². The summed E-state index contributed by atoms with van der Waals surface area (Å²) < 4.78 is 0. The third-order valence-electron chi connectivity index (χ3n) is 2.26. The molecule has 0 spiro atoms. The van der Waals surface area contributed by atoms with Crippen LogP contribution in [0.3, 0.4) is 0 Å². The van der Waals surface area contributed by atoms with E-state index in [4.69, 9.17) is 0 Å². The highest BCUT2D eigenvalue weighted by Gasteiger charge is 2.16. The molecule has 0 aromatic carbocycles. The lowest BCUT2D eigenvalue weighted by atomic mass is 9.91. The number of carbonyl (C=O) groups is 2. The lowest BCUT2D eigenvalue weighted by Crippen LogP contribution is -2.14. The molecule has 0 aromatic heterocycles. The first kappa shape index (κ1) is 9.90. The van der Waals surface area contributed by atoms with Gasteiger partial charge in [0.1, 0.15) is 0 Å². The Balaban J connectivity index is 2.72. The molecule has 1 unspecified atom stereocenters. The molecule has 70 valence electrons. The lowest BCUT2D eigenvalue weighted by molar-refractivity contribution is -0.131. The molecular weight excluding hydrogens is 164 g/mol. The average Bonchev–Trinajstić information content (AvgIpc) is 2.10. The van der Waals surface area contributed by atoms with Crippen molar-refractivity contribution in [2.45, 2.75) is 26.7 Å². The number of allylic oxidation sites excluding steroid dienone is 4. The monoisotopic (exact) mass is 178 g/mol. The van der Waals surface area contributed by atoms with Crippen LogP contribution >= 0.6 is 0 Å². The van der Waals surface area contributed by atoms with E-state index >= 15 is 0 Å². The highest BCUT2D eigenvalue weighted by molar-refractivity contribution is 6.46. The van der Waals surface area contributed by atoms with Gasteiger partial charge in [-0.1, -0.05) is 26.3 Å². The molecule has 1 aliphatic carbocycles. The Bertz CT molecular complexity index is 284. The van der Waals surface area contributed by atoms with Gasteiger partial charge >= 0.3 is 0 Å². The predicted octanol–water partition coefficient (Wildman–Crippen LogP) is 2.06. The minimum atomic E-state index is -0.410. The summed E-state index contributed by atoms with van der Waals surface area (Å²) in [5, 5.41) is 0. The first-order valence-electron chi connectivity index (χ1n) is 4.63. The first-order valence-corrected chi connectivity index (χ1v) is 4.63. The van der Waals surface area contributed by atoms with Crippen molar-refractivity contribution >= 4 is 11.6 Å². The number of hydrogen-bond donors (Lipinski definition) is 0. The topological polar surface area (TPSA) is 34.1 Å². The minimum absolute atomic E-state index is 0.373. The van der Waals surface area contributed by atoms with E-state index in [-0.39, 0.29) is 5.78 Å². The maximum absolute atomic E-state index is 11.0. The smallest absolute Gasteiger partial charge is 0.225 e. The Morgan fingerprint density at radius 3 is 2.46 bits per heavy atom. The van der Waals surface area contributed by atoms with E-state index in [1.165, 1.54) is 12.2 Å². The Morgan fingerprint density at radius 1 is 1.23 bits per heavy atom. The van der Waals surface area contributed by atoms with Gasteiger partial charge in [-0.05, 0) is 30.1 Å². The first-order chi connectivity index (χ1) is 6.15. The molecule has 0 saturated carbocycles. The molecule has 0 aliphatic heterocycles. The maximum Gasteiger partial charge on any atom is 0.225 e. The second-order valence-corrected chi connectivity index (χ2v) is 3.40. The van der Waals surface area contributed by atoms with E-state index < -0.39 is 5.78 Å². The van der Waals surface area contributed by atoms with Crippen molar-refractivity contribution in [1.82, 2.24) is 0 Å². The summed E-state index contributed by atoms with van der Waals surface area (Å²) >= 11 is 0. The standard InChI is InChI=1S/C11H14O2/c1-3-4-8(2)9-5-6-10(12)11(13)7-9/h5-8H,3-4H2,1-2H3. The van der Waals surface area contributed by atoms with Gasteiger partial charge in [0.2, 0.25) is 11.6 Å². The summed E-state index contributed by atoms with van der Waals surface area (Å²) in [6.45, 7) is 4.18. The quantitative estimate of drug-likeness (QED) is 0.489. The minimum Gasteiger partial charge on any atom is -0.286 e. The van der Waals surface area contributed by atoms with Crippen molar-refractivity contribution in [3.63, 3.8) is 0 Å². The molecule has 0 radical (unpaired) electrons. The van der Waals surface area contributed by atoms with Crippen LogP contribution in [0.1, 0.15) is 26.7 Å². The summed E-state index contributed by atoms with van der Waals surface area (Å²) in [7, 11) is 0. The van der Waals surface area contributed by atoms with Gasteiger partial charge in [0.15, 0.2) is 0 Å². The van der Waals surface area contributed by atoms with Crippen LogP contribution in [0.25, 0.3) is 0 Å². The van der Waals surface area contributed by atoms with Crippen molar-refractivity contribution in [3.05, 3.63) is 23.8 Å². The highest BCUT2D eigenvalue weighted by Crippen LogP contribution is 2.19. The molecule has 13 heavy (non-hydrogen) atoms. The van der Waals surface area contributed by atoms with Crippen molar-refractivity contribution in [3.8, 4) is 0 Å². The number of rotatable bonds is 3. The molecule has 1 rings (SSSR count). The fraction of sp³-hybridized carbons (Fsp3) is 0.455. The van der Waals surface area contributed by atoms with Crippen LogP contribution < -0.4 is 0 Å². The van der Waals surface area contributed by atoms with Crippen LogP contribution in [-0.2, 0) is 9.59 Å². The fourth-order valence-corrected chi connectivity index (χ4v) is 1.43. The Kier molecular flexibility index (Phi) is 3.18. The third kappa shape index (κ3) is 2.38. The van der Waals surface area contributed by atoms with Gasteiger partial charge in [-0.15, -0.1) is 0 Å². The molecule has 0 heterocycles. The van der Waals surface area contributed by atoms with Crippen LogP contribution in [0, 0.1) is 5.92 Å². The fourth-order valence-electron chi connectivity index (χ4n) is 1.43. The van der Waals surface area contributed by atoms with Crippen molar-refractivity contribution < 1.29 is 9.59 Å². The Labute approximate surface area is 78.3 Å². The van der Waals surface area contributed by atoms with Gasteiger partial charge in [-0.2, -0.15) is 0 Å². The van der Waals surface area contributed by atoms with Crippen LogP contribution in [0.2, 0.25) is 0 Å². The molecule has 0 amide bonds. The summed E-state index contributed by atoms with van der Waals surface area (Å²) in [6.07, 6.45) is 6.72. The molecule has 0 N–H and O–H groups in total. The molecule has 0 aromatic rings. The van der Waals surface area contributed by atoms with Crippen molar-refractivity contribution in [2.24, 2.45) is 5.92 Å². The largest absolute Gasteiger partial charge is 0.286 e. The van der Waals surface area contributed by atoms with Gasteiger partial charge in [0.05, 0.1) is 0 Å². The predicted molar refractivity (Wildman–Crippen MR) is 51.3 cm³/mol. The van der Waals surface area contributed by atoms with E-state index in [0.29, 0.717) is 5.92 Å². The number of ketones is 2. The van der Waals surface area contributed by atoms with E-state index in [9.17, 15) is 9.59 Å². The number of hydrogen-bond acceptors (Lipinski definition) is 2. The molecule has 1 atom stereocenters. The molecule has 0 fully saturated rings. The zero-order valence-electron chi connectivity index (χ0n) is 8.04. The second-order valence-electron chi connectivity index (χ2n) is 3.40. The molecule has 1 aliphatic rings. The normalized spacial score (nSPS) is 18.8. The third-order valence-corrected chi connectivity index (χ3v) is 2.26. The molecule has 0 bridgehead atoms. The van der Waals surface area contributed by atoms with Crippen molar-refractivity contribution in [2.75, 3.05) is 0 Å². The van der Waals surface area contributed by atoms with Gasteiger partial charge < -0.3 is 0 Å². The summed E-state index contributed by atoms with van der Waals surface area (Å²) in [5.41, 5.74) is 0.978. The van der Waals surface area contributed by atoms with E-state index in [2.05, 4.69) is 13.8 Å². The SMILES string of the molecule is CCCC(C)C1=CC(=O)C(=O)C=C1. The van der Waals surface area contributed by atoms with Crippen LogP contribution in [0.5, 0.6) is 0 Å². The molecule has 2 heteroatoms. The van der Waals surface area contributed by atoms with E-state index in [0.717, 1.165) is 18.4 Å². The van der Waals surface area contributed by atoms with Gasteiger partial charge in [-0.25, -0.2) is 0 Å². The second kappa shape index (κ2) is 4.17. The zero-order chi connectivity index (χ0) is 9.84. The summed E-state index contributed by atoms with van der Waals surface area (Å²) in [4.78, 5) is 21.9. The van der Waals surface area contributed by atoms with E-state index in [1.807, 2.05) is 0 Å². The summed E-state index contributed by atoms with van der Waals surface area (Å²) in [5.74, 6) is -0.425. The van der Waals surface area contributed by atoms with Crippen LogP contribution in [0.15, 0.2) is 23.8 Å². The summed E-state index contributed by atoms with van der Waals surface area (Å²) in [6, 6.07) is 0. The molecule has 2 nitrogen and oxygen atoms in total. The van der Waals surface area contributed by atoms with Crippen LogP contribution in [-0.4, -0.2) is 11.6 Å². The van der Waals surface area contributed by atoms with E-state index in [1.54, 1.807) is 6.08 Å². The average molecular weight is 178 g/mol. The number of carbonyl (C=O) groups excluding carboxylic acids is 2. The lowest BCUT2D eigenvalue weighted by Gasteiger charge is -2.13. The van der Waals surface area contributed by atoms with Gasteiger partial charge in [0.25, 0.3) is 0 Å².